The van der Waals surface area contributed by atoms with Crippen molar-refractivity contribution in [2.45, 2.75) is 19.3 Å². The molecule has 0 aliphatic carbocycles. The van der Waals surface area contributed by atoms with Crippen molar-refractivity contribution in [2.75, 3.05) is 30.4 Å². The molecule has 25 heavy (non-hydrogen) atoms. The van der Waals surface area contributed by atoms with E-state index < -0.39 is 5.97 Å². The summed E-state index contributed by atoms with van der Waals surface area (Å²) in [4.78, 5) is 30.7. The molecule has 1 amide bonds. The fourth-order valence-corrected chi connectivity index (χ4v) is 3.08. The molecular weight excluding hydrogens is 318 g/mol. The van der Waals surface area contributed by atoms with Gasteiger partial charge in [-0.3, -0.25) is 9.78 Å². The minimum atomic E-state index is -0.396. The van der Waals surface area contributed by atoms with E-state index in [1.54, 1.807) is 24.5 Å². The summed E-state index contributed by atoms with van der Waals surface area (Å²) in [6.07, 6.45) is 5.72. The zero-order chi connectivity index (χ0) is 17.6. The van der Waals surface area contributed by atoms with Gasteiger partial charge in [-0.2, -0.15) is 0 Å². The molecule has 2 aromatic rings. The molecule has 1 aliphatic heterocycles. The highest BCUT2D eigenvalue weighted by molar-refractivity contribution is 6.03. The molecule has 0 radical (unpaired) electrons. The van der Waals surface area contributed by atoms with Crippen LogP contribution in [0.2, 0.25) is 0 Å². The lowest BCUT2D eigenvalue weighted by atomic mass is 10.1. The number of pyridine rings is 1. The van der Waals surface area contributed by atoms with E-state index >= 15 is 0 Å². The molecule has 0 spiro atoms. The molecule has 130 valence electrons. The fraction of sp³-hybridized carbons (Fsp3) is 0.316. The monoisotopic (exact) mass is 339 g/mol. The van der Waals surface area contributed by atoms with Crippen molar-refractivity contribution in [1.29, 1.82) is 0 Å². The molecule has 0 saturated carbocycles. The Morgan fingerprint density at radius 2 is 1.88 bits per heavy atom. The summed E-state index contributed by atoms with van der Waals surface area (Å²) in [6, 6.07) is 8.94. The Morgan fingerprint density at radius 3 is 2.56 bits per heavy atom. The number of anilines is 2. The number of esters is 1. The van der Waals surface area contributed by atoms with Crippen molar-refractivity contribution in [1.82, 2.24) is 4.98 Å². The third-order valence-corrected chi connectivity index (χ3v) is 4.25. The Morgan fingerprint density at radius 1 is 1.16 bits per heavy atom. The Hall–Kier alpha value is -2.89. The molecule has 1 aromatic heterocycles. The van der Waals surface area contributed by atoms with Crippen LogP contribution in [-0.4, -0.2) is 37.1 Å². The van der Waals surface area contributed by atoms with Gasteiger partial charge in [0.1, 0.15) is 0 Å². The number of carbonyl (C=O) groups excluding carboxylic acids is 2. The van der Waals surface area contributed by atoms with E-state index in [0.717, 1.165) is 37.2 Å². The summed E-state index contributed by atoms with van der Waals surface area (Å²) in [5, 5.41) is 2.95. The highest BCUT2D eigenvalue weighted by Gasteiger charge is 2.24. The van der Waals surface area contributed by atoms with E-state index in [-0.39, 0.29) is 12.3 Å². The summed E-state index contributed by atoms with van der Waals surface area (Å²) in [7, 11) is 1.37. The Labute approximate surface area is 146 Å². The number of rotatable bonds is 5. The van der Waals surface area contributed by atoms with Gasteiger partial charge in [-0.1, -0.05) is 6.07 Å². The maximum atomic E-state index is 12.4. The van der Waals surface area contributed by atoms with Crippen LogP contribution in [0.5, 0.6) is 0 Å². The maximum absolute atomic E-state index is 12.4. The van der Waals surface area contributed by atoms with Gasteiger partial charge in [0, 0.05) is 25.5 Å². The molecule has 1 saturated heterocycles. The van der Waals surface area contributed by atoms with Crippen molar-refractivity contribution >= 4 is 23.3 Å². The number of hydrogen-bond donors (Lipinski definition) is 1. The van der Waals surface area contributed by atoms with Crippen LogP contribution in [0.1, 0.15) is 28.8 Å². The average Bonchev–Trinajstić information content (AvgIpc) is 3.16. The summed E-state index contributed by atoms with van der Waals surface area (Å²) in [6.45, 7) is 1.72. The van der Waals surface area contributed by atoms with Crippen LogP contribution in [0, 0.1) is 0 Å². The van der Waals surface area contributed by atoms with E-state index in [1.165, 1.54) is 7.11 Å². The molecule has 1 N–H and O–H groups in total. The standard InChI is InChI=1S/C19H21N3O3/c1-25-19(24)15-5-4-6-16(18(15)22-11-2-3-12-22)21-17(23)13-14-7-9-20-10-8-14/h4-10H,2-3,11-13H2,1H3,(H,21,23). The molecule has 0 unspecified atom stereocenters. The van der Waals surface area contributed by atoms with E-state index in [4.69, 9.17) is 4.74 Å². The van der Waals surface area contributed by atoms with Gasteiger partial charge < -0.3 is 15.0 Å². The maximum Gasteiger partial charge on any atom is 0.340 e. The Bertz CT molecular complexity index is 756. The normalized spacial score (nSPS) is 13.6. The first-order valence-corrected chi connectivity index (χ1v) is 8.34. The van der Waals surface area contributed by atoms with Crippen LogP contribution in [0.4, 0.5) is 11.4 Å². The third kappa shape index (κ3) is 3.96. The van der Waals surface area contributed by atoms with Gasteiger partial charge in [0.25, 0.3) is 0 Å². The number of benzene rings is 1. The number of ether oxygens (including phenoxy) is 1. The van der Waals surface area contributed by atoms with Crippen molar-refractivity contribution < 1.29 is 14.3 Å². The fourth-order valence-electron chi connectivity index (χ4n) is 3.08. The molecular formula is C19H21N3O3. The van der Waals surface area contributed by atoms with Gasteiger partial charge in [-0.25, -0.2) is 4.79 Å². The molecule has 1 fully saturated rings. The molecule has 2 heterocycles. The molecule has 0 bridgehead atoms. The van der Waals surface area contributed by atoms with E-state index in [1.807, 2.05) is 18.2 Å². The lowest BCUT2D eigenvalue weighted by molar-refractivity contribution is -0.115. The predicted molar refractivity (Wildman–Crippen MR) is 95.8 cm³/mol. The molecule has 0 atom stereocenters. The highest BCUT2D eigenvalue weighted by Crippen LogP contribution is 2.33. The summed E-state index contributed by atoms with van der Waals surface area (Å²) < 4.78 is 4.91. The van der Waals surface area contributed by atoms with Crippen LogP contribution in [0.25, 0.3) is 0 Å². The van der Waals surface area contributed by atoms with Gasteiger partial charge >= 0.3 is 5.97 Å². The van der Waals surface area contributed by atoms with E-state index in [2.05, 4.69) is 15.2 Å². The second-order valence-electron chi connectivity index (χ2n) is 5.97. The zero-order valence-corrected chi connectivity index (χ0v) is 14.2. The van der Waals surface area contributed by atoms with Crippen molar-refractivity contribution in [3.63, 3.8) is 0 Å². The number of nitrogens with zero attached hydrogens (tertiary/aromatic N) is 2. The van der Waals surface area contributed by atoms with Gasteiger partial charge in [0.2, 0.25) is 5.91 Å². The SMILES string of the molecule is COC(=O)c1cccc(NC(=O)Cc2ccncc2)c1N1CCCC1. The first-order chi connectivity index (χ1) is 12.2. The number of para-hydroxylation sites is 1. The van der Waals surface area contributed by atoms with Crippen LogP contribution < -0.4 is 10.2 Å². The number of nitrogens with one attached hydrogen (secondary N) is 1. The average molecular weight is 339 g/mol. The zero-order valence-electron chi connectivity index (χ0n) is 14.2. The Kier molecular flexibility index (Phi) is 5.28. The number of carbonyl (C=O) groups is 2. The molecule has 6 heteroatoms. The van der Waals surface area contributed by atoms with Gasteiger partial charge in [0.05, 0.1) is 30.5 Å². The van der Waals surface area contributed by atoms with E-state index in [0.29, 0.717) is 11.3 Å². The summed E-state index contributed by atoms with van der Waals surface area (Å²) in [5.41, 5.74) is 2.75. The molecule has 3 rings (SSSR count). The van der Waals surface area contributed by atoms with Crippen molar-refractivity contribution in [3.8, 4) is 0 Å². The summed E-state index contributed by atoms with van der Waals surface area (Å²) >= 11 is 0. The second-order valence-corrected chi connectivity index (χ2v) is 5.97. The number of amides is 1. The molecule has 6 nitrogen and oxygen atoms in total. The predicted octanol–water partition coefficient (Wildman–Crippen LogP) is 2.65. The first-order valence-electron chi connectivity index (χ1n) is 8.34. The van der Waals surface area contributed by atoms with Crippen LogP contribution in [0.15, 0.2) is 42.7 Å². The number of hydrogen-bond acceptors (Lipinski definition) is 5. The lowest BCUT2D eigenvalue weighted by Gasteiger charge is -2.24. The van der Waals surface area contributed by atoms with Crippen LogP contribution in [-0.2, 0) is 16.0 Å². The lowest BCUT2D eigenvalue weighted by Crippen LogP contribution is -2.24. The van der Waals surface area contributed by atoms with Gasteiger partial charge in [-0.05, 0) is 42.7 Å². The topological polar surface area (TPSA) is 71.5 Å². The smallest absolute Gasteiger partial charge is 0.340 e. The number of aromatic nitrogens is 1. The quantitative estimate of drug-likeness (QED) is 0.848. The second kappa shape index (κ2) is 7.79. The van der Waals surface area contributed by atoms with Crippen LogP contribution in [0.3, 0.4) is 0 Å². The minimum Gasteiger partial charge on any atom is -0.465 e. The summed E-state index contributed by atoms with van der Waals surface area (Å²) in [5.74, 6) is -0.527. The highest BCUT2D eigenvalue weighted by atomic mass is 16.5. The molecule has 1 aromatic carbocycles. The van der Waals surface area contributed by atoms with Crippen LogP contribution >= 0.6 is 0 Å². The van der Waals surface area contributed by atoms with Gasteiger partial charge in [-0.15, -0.1) is 0 Å². The third-order valence-electron chi connectivity index (χ3n) is 4.25. The minimum absolute atomic E-state index is 0.131. The van der Waals surface area contributed by atoms with Crippen molar-refractivity contribution in [3.05, 3.63) is 53.9 Å². The number of methoxy groups -OCH3 is 1. The molecule has 1 aliphatic rings. The van der Waals surface area contributed by atoms with Crippen molar-refractivity contribution in [2.24, 2.45) is 0 Å². The largest absolute Gasteiger partial charge is 0.465 e. The Balaban J connectivity index is 1.87. The van der Waals surface area contributed by atoms with E-state index in [9.17, 15) is 9.59 Å². The van der Waals surface area contributed by atoms with Gasteiger partial charge in [0.15, 0.2) is 0 Å². The first kappa shape index (κ1) is 17.0.